The fourth-order valence-corrected chi connectivity index (χ4v) is 9.94. The third-order valence-electron chi connectivity index (χ3n) is 13.0. The Bertz CT molecular complexity index is 3630. The van der Waals surface area contributed by atoms with Crippen molar-refractivity contribution >= 4 is 49.6 Å². The van der Waals surface area contributed by atoms with E-state index >= 15 is 0 Å². The minimum absolute atomic E-state index is 1.07. The highest BCUT2D eigenvalue weighted by atomic mass is 15.1. The van der Waals surface area contributed by atoms with Crippen LogP contribution < -0.4 is 4.90 Å². The van der Waals surface area contributed by atoms with Crippen molar-refractivity contribution in [3.63, 3.8) is 0 Å². The van der Waals surface area contributed by atoms with Crippen LogP contribution in [0.5, 0.6) is 0 Å². The molecule has 12 rings (SSSR count). The summed E-state index contributed by atoms with van der Waals surface area (Å²) in [5.74, 6) is 0. The van der Waals surface area contributed by atoms with Gasteiger partial charge in [-0.2, -0.15) is 0 Å². The van der Waals surface area contributed by atoms with Gasteiger partial charge in [-0.05, 0) is 110 Å². The van der Waals surface area contributed by atoms with Crippen molar-refractivity contribution < 1.29 is 0 Å². The molecule has 0 spiro atoms. The van der Waals surface area contributed by atoms with E-state index in [9.17, 15) is 0 Å². The second-order valence-corrected chi connectivity index (χ2v) is 16.9. The number of rotatable bonds is 9. The highest BCUT2D eigenvalue weighted by molar-refractivity contribution is 6.10. The molecule has 0 unspecified atom stereocenters. The molecule has 0 saturated heterocycles. The second kappa shape index (κ2) is 16.8. The van der Waals surface area contributed by atoms with Crippen LogP contribution in [0.1, 0.15) is 0 Å². The normalized spacial score (nSPS) is 11.3. The summed E-state index contributed by atoms with van der Waals surface area (Å²) in [6.07, 6.45) is 0. The van der Waals surface area contributed by atoms with Gasteiger partial charge in [-0.1, -0.05) is 212 Å². The van der Waals surface area contributed by atoms with Gasteiger partial charge in [-0.15, -0.1) is 0 Å². The van der Waals surface area contributed by atoms with Crippen LogP contribution in [-0.2, 0) is 0 Å². The zero-order valence-electron chi connectivity index (χ0n) is 36.3. The maximum absolute atomic E-state index is 2.43. The van der Waals surface area contributed by atoms with Gasteiger partial charge in [0.25, 0.3) is 0 Å². The molecule has 0 aliphatic carbocycles. The van der Waals surface area contributed by atoms with Crippen LogP contribution in [0.3, 0.4) is 0 Å². The average Bonchev–Trinajstić information content (AvgIpc) is 3.74. The van der Waals surface area contributed by atoms with Gasteiger partial charge in [0.05, 0.1) is 22.4 Å². The summed E-state index contributed by atoms with van der Waals surface area (Å²) >= 11 is 0. The molecule has 0 radical (unpaired) electrons. The maximum Gasteiger partial charge on any atom is 0.0541 e. The molecule has 0 fully saturated rings. The van der Waals surface area contributed by atoms with Crippen LogP contribution in [0, 0.1) is 0 Å². The van der Waals surface area contributed by atoms with E-state index in [-0.39, 0.29) is 0 Å². The summed E-state index contributed by atoms with van der Waals surface area (Å²) in [5.41, 5.74) is 18.6. The number of benzene rings is 11. The van der Waals surface area contributed by atoms with Gasteiger partial charge in [0.15, 0.2) is 0 Å². The van der Waals surface area contributed by atoms with Crippen molar-refractivity contribution in [1.29, 1.82) is 0 Å². The van der Waals surface area contributed by atoms with Crippen LogP contribution in [0.4, 0.5) is 17.1 Å². The number of hydrogen-bond donors (Lipinski definition) is 0. The van der Waals surface area contributed by atoms with Crippen molar-refractivity contribution in [3.05, 3.63) is 267 Å². The Morgan fingerprint density at radius 1 is 0.242 bits per heavy atom. The van der Waals surface area contributed by atoms with E-state index in [2.05, 4.69) is 276 Å². The first-order chi connectivity index (χ1) is 32.8. The summed E-state index contributed by atoms with van der Waals surface area (Å²) in [6, 6.07) is 96.9. The van der Waals surface area contributed by atoms with Crippen molar-refractivity contribution in [2.45, 2.75) is 0 Å². The SMILES string of the molecule is c1ccc(-c2cccc(N(c3ccc(-c4ccc(-c5ccccc5)c5ccccc45)cc3)c3ccc(-c4ccccc4-n4c5ccccc5c5ccccc54)cc3-c3ccccc3)c2)cc1. The molecule has 11 aromatic carbocycles. The smallest absolute Gasteiger partial charge is 0.0541 e. The van der Waals surface area contributed by atoms with Gasteiger partial charge >= 0.3 is 0 Å². The Labute approximate surface area is 385 Å². The van der Waals surface area contributed by atoms with Crippen LogP contribution in [0.2, 0.25) is 0 Å². The molecule has 0 saturated carbocycles. The van der Waals surface area contributed by atoms with E-state index in [4.69, 9.17) is 0 Å². The molecule has 2 heteroatoms. The standard InChI is InChI=1S/C64H44N2/c1-4-19-45(20-5-1)49-25-18-26-52(43-49)65(51-38-35-48(36-39-51)54-41-40-53(46-21-6-2-7-22-46)56-28-10-11-29-57(54)56)64-42-37-50(44-60(64)47-23-8-3-9-24-47)55-27-12-15-32-61(55)66-62-33-16-13-30-58(62)59-31-14-17-34-63(59)66/h1-44H. The lowest BCUT2D eigenvalue weighted by molar-refractivity contribution is 1.18. The zero-order valence-corrected chi connectivity index (χ0v) is 36.3. The Kier molecular flexibility index (Phi) is 9.89. The van der Waals surface area contributed by atoms with Crippen LogP contribution in [0.15, 0.2) is 267 Å². The molecular formula is C64H44N2. The highest BCUT2D eigenvalue weighted by Crippen LogP contribution is 2.46. The molecule has 0 amide bonds. The van der Waals surface area contributed by atoms with Crippen LogP contribution >= 0.6 is 0 Å². The number of aromatic nitrogens is 1. The van der Waals surface area contributed by atoms with Gasteiger partial charge < -0.3 is 9.47 Å². The van der Waals surface area contributed by atoms with Gasteiger partial charge in [0, 0.05) is 33.3 Å². The molecular weight excluding hydrogens is 797 g/mol. The highest BCUT2D eigenvalue weighted by Gasteiger charge is 2.21. The lowest BCUT2D eigenvalue weighted by atomic mass is 9.92. The first-order valence-electron chi connectivity index (χ1n) is 22.7. The molecule has 2 nitrogen and oxygen atoms in total. The maximum atomic E-state index is 2.43. The molecule has 0 bridgehead atoms. The van der Waals surface area contributed by atoms with Gasteiger partial charge in [0.2, 0.25) is 0 Å². The number of nitrogens with zero attached hydrogens (tertiary/aromatic N) is 2. The number of para-hydroxylation sites is 3. The van der Waals surface area contributed by atoms with E-state index in [0.29, 0.717) is 0 Å². The topological polar surface area (TPSA) is 8.17 Å². The minimum Gasteiger partial charge on any atom is -0.310 e. The third-order valence-corrected chi connectivity index (χ3v) is 13.0. The Morgan fingerprint density at radius 3 is 1.33 bits per heavy atom. The Morgan fingerprint density at radius 2 is 0.712 bits per heavy atom. The molecule has 66 heavy (non-hydrogen) atoms. The molecule has 12 aromatic rings. The number of fused-ring (bicyclic) bond motifs is 4. The van der Waals surface area contributed by atoms with Crippen molar-refractivity contribution in [2.24, 2.45) is 0 Å². The van der Waals surface area contributed by atoms with Crippen molar-refractivity contribution in [2.75, 3.05) is 4.90 Å². The largest absolute Gasteiger partial charge is 0.310 e. The third kappa shape index (κ3) is 6.93. The Balaban J connectivity index is 1.03. The molecule has 0 aliphatic heterocycles. The second-order valence-electron chi connectivity index (χ2n) is 16.9. The number of anilines is 3. The summed E-state index contributed by atoms with van der Waals surface area (Å²) in [6.45, 7) is 0. The summed E-state index contributed by atoms with van der Waals surface area (Å²) < 4.78 is 2.43. The monoisotopic (exact) mass is 840 g/mol. The molecule has 1 heterocycles. The summed E-state index contributed by atoms with van der Waals surface area (Å²) in [4.78, 5) is 2.43. The first-order valence-corrected chi connectivity index (χ1v) is 22.7. The lowest BCUT2D eigenvalue weighted by Gasteiger charge is -2.29. The fraction of sp³-hybridized carbons (Fsp3) is 0. The van der Waals surface area contributed by atoms with Gasteiger partial charge in [0.1, 0.15) is 0 Å². The predicted octanol–water partition coefficient (Wildman–Crippen LogP) is 17.7. The zero-order chi connectivity index (χ0) is 43.8. The molecule has 1 aromatic heterocycles. The molecule has 0 atom stereocenters. The lowest BCUT2D eigenvalue weighted by Crippen LogP contribution is -2.11. The van der Waals surface area contributed by atoms with E-state index < -0.39 is 0 Å². The van der Waals surface area contributed by atoms with E-state index in [1.54, 1.807) is 0 Å². The number of hydrogen-bond acceptors (Lipinski definition) is 1. The predicted molar refractivity (Wildman–Crippen MR) is 280 cm³/mol. The summed E-state index contributed by atoms with van der Waals surface area (Å²) in [7, 11) is 0. The Hall–Kier alpha value is -8.72. The molecule has 0 N–H and O–H groups in total. The molecule has 0 aliphatic rings. The first kappa shape index (κ1) is 38.9. The van der Waals surface area contributed by atoms with E-state index in [1.807, 2.05) is 0 Å². The quantitative estimate of drug-likeness (QED) is 0.141. The summed E-state index contributed by atoms with van der Waals surface area (Å²) in [5, 5.41) is 4.99. The van der Waals surface area contributed by atoms with Crippen LogP contribution in [-0.4, -0.2) is 4.57 Å². The van der Waals surface area contributed by atoms with Gasteiger partial charge in [-0.3, -0.25) is 0 Å². The molecule has 310 valence electrons. The van der Waals surface area contributed by atoms with E-state index in [1.165, 1.54) is 66.0 Å². The van der Waals surface area contributed by atoms with Crippen molar-refractivity contribution in [3.8, 4) is 61.3 Å². The minimum atomic E-state index is 1.07. The van der Waals surface area contributed by atoms with Crippen molar-refractivity contribution in [1.82, 2.24) is 4.57 Å². The average molecular weight is 841 g/mol. The van der Waals surface area contributed by atoms with E-state index in [0.717, 1.165) is 45.0 Å². The van der Waals surface area contributed by atoms with Crippen LogP contribution in [0.25, 0.3) is 93.9 Å². The fourth-order valence-electron chi connectivity index (χ4n) is 9.94. The van der Waals surface area contributed by atoms with Gasteiger partial charge in [-0.25, -0.2) is 0 Å².